The number of urea groups is 1. The second-order valence-electron chi connectivity index (χ2n) is 7.57. The average Bonchev–Trinajstić information content (AvgIpc) is 2.68. The van der Waals surface area contributed by atoms with Crippen LogP contribution in [-0.4, -0.2) is 77.6 Å². The maximum Gasteiger partial charge on any atom is 0.490 e. The molecule has 0 aliphatic carbocycles. The molecule has 1 aromatic rings. The van der Waals surface area contributed by atoms with E-state index in [1.54, 1.807) is 0 Å². The Hall–Kier alpha value is -2.56. The normalized spacial score (nSPS) is 21.8. The summed E-state index contributed by atoms with van der Waals surface area (Å²) in [6.45, 7) is 7.64. The number of pyridine rings is 1. The number of nitrogens with zero attached hydrogens (tertiary/aromatic N) is 3. The summed E-state index contributed by atoms with van der Waals surface area (Å²) in [7, 11) is 0. The fourth-order valence-electron chi connectivity index (χ4n) is 3.44. The van der Waals surface area contributed by atoms with Crippen LogP contribution in [0, 0.1) is 0 Å². The molecule has 3 rings (SSSR count). The van der Waals surface area contributed by atoms with Gasteiger partial charge in [-0.05, 0) is 38.8 Å². The third kappa shape index (κ3) is 6.75. The number of nitrogens with one attached hydrogen (secondary N) is 1. The Labute approximate surface area is 173 Å². The van der Waals surface area contributed by atoms with Crippen molar-refractivity contribution in [1.29, 1.82) is 0 Å². The van der Waals surface area contributed by atoms with Gasteiger partial charge in [0, 0.05) is 25.3 Å². The van der Waals surface area contributed by atoms with E-state index in [4.69, 9.17) is 14.6 Å². The molecule has 2 saturated heterocycles. The summed E-state index contributed by atoms with van der Waals surface area (Å²) in [4.78, 5) is 29.8. The largest absolute Gasteiger partial charge is 0.490 e. The Kier molecular flexibility index (Phi) is 7.88. The number of piperidine rings is 1. The van der Waals surface area contributed by atoms with Crippen LogP contribution >= 0.6 is 0 Å². The number of carbonyl (C=O) groups excluding carboxylic acids is 1. The fourth-order valence-corrected chi connectivity index (χ4v) is 3.44. The third-order valence-corrected chi connectivity index (χ3v) is 4.70. The molecule has 2 fully saturated rings. The maximum absolute atomic E-state index is 12.3. The first kappa shape index (κ1) is 23.7. The van der Waals surface area contributed by atoms with Crippen LogP contribution < -0.4 is 10.2 Å². The number of carbonyl (C=O) groups is 2. The van der Waals surface area contributed by atoms with Crippen LogP contribution in [0.4, 0.5) is 23.8 Å². The first-order valence-electron chi connectivity index (χ1n) is 9.68. The number of morpholine rings is 1. The van der Waals surface area contributed by atoms with Crippen LogP contribution in [0.5, 0.6) is 0 Å². The quantitative estimate of drug-likeness (QED) is 0.746. The molecule has 8 nitrogen and oxygen atoms in total. The lowest BCUT2D eigenvalue weighted by molar-refractivity contribution is -0.192. The first-order chi connectivity index (χ1) is 14.0. The minimum Gasteiger partial charge on any atom is -0.475 e. The summed E-state index contributed by atoms with van der Waals surface area (Å²) in [5.41, 5.74) is -0.275. The van der Waals surface area contributed by atoms with Crippen molar-refractivity contribution < 1.29 is 32.6 Å². The molecule has 0 saturated carbocycles. The molecule has 2 amide bonds. The van der Waals surface area contributed by atoms with Gasteiger partial charge in [-0.1, -0.05) is 6.07 Å². The van der Waals surface area contributed by atoms with Crippen LogP contribution in [0.3, 0.4) is 0 Å². The van der Waals surface area contributed by atoms with Crippen molar-refractivity contribution in [3.05, 3.63) is 24.4 Å². The molecule has 1 spiro atoms. The molecule has 2 N–H and O–H groups in total. The van der Waals surface area contributed by atoms with Gasteiger partial charge in [0.15, 0.2) is 0 Å². The lowest BCUT2D eigenvalue weighted by Crippen LogP contribution is -2.62. The van der Waals surface area contributed by atoms with Crippen molar-refractivity contribution in [2.75, 3.05) is 37.7 Å². The Morgan fingerprint density at radius 1 is 1.27 bits per heavy atom. The zero-order chi connectivity index (χ0) is 22.4. The SMILES string of the molecule is CC(C)NC(=O)N1CCOC2(CCCN(c3ccccn3)C2)C1.O=C(O)C(F)(F)F. The highest BCUT2D eigenvalue weighted by Crippen LogP contribution is 2.31. The summed E-state index contributed by atoms with van der Waals surface area (Å²) >= 11 is 0. The van der Waals surface area contributed by atoms with E-state index in [1.807, 2.05) is 43.1 Å². The number of anilines is 1. The molecule has 30 heavy (non-hydrogen) atoms. The van der Waals surface area contributed by atoms with Crippen LogP contribution in [0.1, 0.15) is 26.7 Å². The molecule has 1 atom stereocenters. The van der Waals surface area contributed by atoms with Gasteiger partial charge < -0.3 is 25.0 Å². The predicted molar refractivity (Wildman–Crippen MR) is 103 cm³/mol. The Bertz CT molecular complexity index is 713. The molecular formula is C19H27F3N4O4. The van der Waals surface area contributed by atoms with Crippen LogP contribution in [0.15, 0.2) is 24.4 Å². The van der Waals surface area contributed by atoms with Gasteiger partial charge in [-0.15, -0.1) is 0 Å². The Balaban J connectivity index is 0.000000396. The lowest BCUT2D eigenvalue weighted by atomic mass is 9.90. The number of halogens is 3. The molecule has 1 aromatic heterocycles. The van der Waals surface area contributed by atoms with Crippen molar-refractivity contribution in [1.82, 2.24) is 15.2 Å². The zero-order valence-electron chi connectivity index (χ0n) is 17.0. The number of hydrogen-bond donors (Lipinski definition) is 2. The molecule has 3 heterocycles. The van der Waals surface area contributed by atoms with Crippen molar-refractivity contribution in [3.8, 4) is 0 Å². The smallest absolute Gasteiger partial charge is 0.475 e. The molecule has 0 bridgehead atoms. The molecule has 2 aliphatic rings. The highest BCUT2D eigenvalue weighted by Gasteiger charge is 2.42. The lowest BCUT2D eigenvalue weighted by Gasteiger charge is -2.48. The standard InChI is InChI=1S/C17H26N4O2.C2HF3O2/c1-14(2)19-16(22)21-10-11-23-17(13-21)7-5-9-20(12-17)15-6-3-4-8-18-15;3-2(4,5)1(6)7/h3-4,6,8,14H,5,7,9-13H2,1-2H3,(H,19,22);(H,6,7). The van der Waals surface area contributed by atoms with E-state index in [0.717, 1.165) is 31.7 Å². The van der Waals surface area contributed by atoms with Gasteiger partial charge in [-0.25, -0.2) is 14.6 Å². The summed E-state index contributed by atoms with van der Waals surface area (Å²) in [6.07, 6.45) is -1.22. The van der Waals surface area contributed by atoms with Gasteiger partial charge >= 0.3 is 18.2 Å². The van der Waals surface area contributed by atoms with E-state index in [-0.39, 0.29) is 17.7 Å². The van der Waals surface area contributed by atoms with E-state index in [2.05, 4.69) is 15.2 Å². The topological polar surface area (TPSA) is 95.0 Å². The van der Waals surface area contributed by atoms with Crippen molar-refractivity contribution >= 4 is 17.8 Å². The highest BCUT2D eigenvalue weighted by molar-refractivity contribution is 5.74. The summed E-state index contributed by atoms with van der Waals surface area (Å²) < 4.78 is 37.9. The summed E-state index contributed by atoms with van der Waals surface area (Å²) in [6, 6.07) is 6.13. The number of amides is 2. The van der Waals surface area contributed by atoms with Crippen LogP contribution in [0.2, 0.25) is 0 Å². The predicted octanol–water partition coefficient (Wildman–Crippen LogP) is 2.50. The van der Waals surface area contributed by atoms with Gasteiger partial charge in [-0.2, -0.15) is 13.2 Å². The van der Waals surface area contributed by atoms with E-state index < -0.39 is 12.1 Å². The van der Waals surface area contributed by atoms with Crippen molar-refractivity contribution in [2.45, 2.75) is 44.5 Å². The van der Waals surface area contributed by atoms with Crippen molar-refractivity contribution in [3.63, 3.8) is 0 Å². The minimum atomic E-state index is -5.08. The Morgan fingerprint density at radius 3 is 2.53 bits per heavy atom. The number of ether oxygens (including phenoxy) is 1. The fraction of sp³-hybridized carbons (Fsp3) is 0.632. The van der Waals surface area contributed by atoms with Crippen LogP contribution in [0.25, 0.3) is 0 Å². The molecule has 168 valence electrons. The zero-order valence-corrected chi connectivity index (χ0v) is 17.0. The molecule has 2 aliphatic heterocycles. The van der Waals surface area contributed by atoms with Crippen molar-refractivity contribution in [2.24, 2.45) is 0 Å². The van der Waals surface area contributed by atoms with Gasteiger partial charge in [0.05, 0.1) is 19.7 Å². The van der Waals surface area contributed by atoms with Gasteiger partial charge in [-0.3, -0.25) is 0 Å². The van der Waals surface area contributed by atoms with E-state index >= 15 is 0 Å². The maximum atomic E-state index is 12.3. The number of aliphatic carboxylic acids is 1. The number of aromatic nitrogens is 1. The number of hydrogen-bond acceptors (Lipinski definition) is 5. The molecule has 0 aromatic carbocycles. The number of alkyl halides is 3. The highest BCUT2D eigenvalue weighted by atomic mass is 19.4. The monoisotopic (exact) mass is 432 g/mol. The molecule has 11 heteroatoms. The van der Waals surface area contributed by atoms with E-state index in [1.165, 1.54) is 0 Å². The first-order valence-corrected chi connectivity index (χ1v) is 9.68. The van der Waals surface area contributed by atoms with Gasteiger partial charge in [0.1, 0.15) is 11.4 Å². The molecular weight excluding hydrogens is 405 g/mol. The third-order valence-electron chi connectivity index (χ3n) is 4.70. The Morgan fingerprint density at radius 2 is 1.97 bits per heavy atom. The second-order valence-corrected chi connectivity index (χ2v) is 7.57. The number of carboxylic acids is 1. The number of carboxylic acid groups (broad SMARTS) is 1. The number of rotatable bonds is 2. The average molecular weight is 432 g/mol. The van der Waals surface area contributed by atoms with Gasteiger partial charge in [0.2, 0.25) is 0 Å². The molecule has 0 radical (unpaired) electrons. The minimum absolute atomic E-state index is 0.0117. The summed E-state index contributed by atoms with van der Waals surface area (Å²) in [5.74, 6) is -1.77. The second kappa shape index (κ2) is 9.96. The molecule has 1 unspecified atom stereocenters. The van der Waals surface area contributed by atoms with Crippen LogP contribution in [-0.2, 0) is 9.53 Å². The summed E-state index contributed by atoms with van der Waals surface area (Å²) in [5, 5.41) is 10.1. The van der Waals surface area contributed by atoms with Gasteiger partial charge in [0.25, 0.3) is 0 Å². The van der Waals surface area contributed by atoms with E-state index in [9.17, 15) is 18.0 Å². The van der Waals surface area contributed by atoms with E-state index in [0.29, 0.717) is 19.7 Å².